The summed E-state index contributed by atoms with van der Waals surface area (Å²) in [5, 5.41) is 2.97. The number of carbonyl (C=O) groups is 1. The Balaban J connectivity index is 1.73. The lowest BCUT2D eigenvalue weighted by Crippen LogP contribution is -2.32. The molecule has 0 aliphatic heterocycles. The average molecular weight is 433 g/mol. The van der Waals surface area contributed by atoms with Crippen molar-refractivity contribution in [2.24, 2.45) is 5.92 Å². The molecule has 10 heteroatoms. The zero-order valence-corrected chi connectivity index (χ0v) is 17.1. The molecular weight excluding hydrogens is 411 g/mol. The smallest absolute Gasteiger partial charge is 0.383 e. The van der Waals surface area contributed by atoms with Gasteiger partial charge in [0.1, 0.15) is 11.5 Å². The molecular formula is C21H22F3N5O2. The van der Waals surface area contributed by atoms with Crippen LogP contribution in [0.3, 0.4) is 0 Å². The summed E-state index contributed by atoms with van der Waals surface area (Å²) in [6.07, 6.45) is 0.238. The van der Waals surface area contributed by atoms with E-state index < -0.39 is 23.7 Å². The van der Waals surface area contributed by atoms with Crippen molar-refractivity contribution in [3.05, 3.63) is 53.4 Å². The fourth-order valence-electron chi connectivity index (χ4n) is 3.53. The molecule has 1 N–H and O–H groups in total. The van der Waals surface area contributed by atoms with Crippen LogP contribution in [0.25, 0.3) is 11.0 Å². The average Bonchev–Trinajstić information content (AvgIpc) is 3.51. The lowest BCUT2D eigenvalue weighted by molar-refractivity contribution is -0.137. The first-order valence-corrected chi connectivity index (χ1v) is 9.93. The van der Waals surface area contributed by atoms with Crippen LogP contribution in [-0.2, 0) is 17.5 Å². The Morgan fingerprint density at radius 3 is 2.68 bits per heavy atom. The third kappa shape index (κ3) is 4.53. The summed E-state index contributed by atoms with van der Waals surface area (Å²) in [4.78, 5) is 25.5. The van der Waals surface area contributed by atoms with Crippen molar-refractivity contribution >= 4 is 16.9 Å². The van der Waals surface area contributed by atoms with Crippen molar-refractivity contribution in [3.8, 4) is 0 Å². The number of nitrogens with zero attached hydrogens (tertiary/aromatic N) is 4. The fourth-order valence-corrected chi connectivity index (χ4v) is 3.53. The number of methoxy groups -OCH3 is 1. The van der Waals surface area contributed by atoms with Gasteiger partial charge in [0.05, 0.1) is 41.1 Å². The first-order chi connectivity index (χ1) is 14.8. The molecule has 2 heterocycles. The zero-order valence-electron chi connectivity index (χ0n) is 17.1. The van der Waals surface area contributed by atoms with Gasteiger partial charge in [-0.25, -0.2) is 9.97 Å². The molecule has 1 saturated carbocycles. The largest absolute Gasteiger partial charge is 0.416 e. The van der Waals surface area contributed by atoms with E-state index in [0.717, 1.165) is 25.0 Å². The number of rotatable bonds is 7. The molecule has 4 rings (SSSR count). The SMILES string of the molecule is COCCn1c([C@@H](NC(=O)c2cnc(C)cn2)C2CC2)nc2cc(C(F)(F)F)ccc21. The van der Waals surface area contributed by atoms with Gasteiger partial charge in [-0.3, -0.25) is 9.78 Å². The Morgan fingerprint density at radius 2 is 2.06 bits per heavy atom. The molecule has 1 aliphatic rings. The highest BCUT2D eigenvalue weighted by molar-refractivity contribution is 5.92. The monoisotopic (exact) mass is 433 g/mol. The van der Waals surface area contributed by atoms with Gasteiger partial charge in [0.15, 0.2) is 0 Å². The Bertz CT molecular complexity index is 1090. The van der Waals surface area contributed by atoms with Crippen LogP contribution in [0, 0.1) is 12.8 Å². The number of nitrogens with one attached hydrogen (secondary N) is 1. The van der Waals surface area contributed by atoms with Gasteiger partial charge in [-0.15, -0.1) is 0 Å². The first-order valence-electron chi connectivity index (χ1n) is 9.93. The van der Waals surface area contributed by atoms with Gasteiger partial charge in [-0.2, -0.15) is 13.2 Å². The van der Waals surface area contributed by atoms with E-state index in [-0.39, 0.29) is 17.1 Å². The first kappa shape index (κ1) is 21.2. The lowest BCUT2D eigenvalue weighted by atomic mass is 10.1. The van der Waals surface area contributed by atoms with Gasteiger partial charge in [-0.05, 0) is 43.9 Å². The number of carbonyl (C=O) groups excluding carboxylic acids is 1. The number of aryl methyl sites for hydroxylation is 1. The second-order valence-corrected chi connectivity index (χ2v) is 7.65. The summed E-state index contributed by atoms with van der Waals surface area (Å²) in [6.45, 7) is 2.53. The van der Waals surface area contributed by atoms with E-state index in [4.69, 9.17) is 4.74 Å². The van der Waals surface area contributed by atoms with E-state index in [1.807, 2.05) is 4.57 Å². The van der Waals surface area contributed by atoms with Gasteiger partial charge in [-0.1, -0.05) is 0 Å². The number of alkyl halides is 3. The van der Waals surface area contributed by atoms with Gasteiger partial charge in [0.2, 0.25) is 0 Å². The molecule has 3 aromatic rings. The van der Waals surface area contributed by atoms with Gasteiger partial charge in [0, 0.05) is 19.9 Å². The van der Waals surface area contributed by atoms with Crippen LogP contribution in [0.15, 0.2) is 30.6 Å². The molecule has 2 aromatic heterocycles. The number of hydrogen-bond donors (Lipinski definition) is 1. The van der Waals surface area contributed by atoms with E-state index in [0.29, 0.717) is 30.2 Å². The normalized spacial score (nSPS) is 15.3. The maximum absolute atomic E-state index is 13.2. The van der Waals surface area contributed by atoms with Crippen LogP contribution in [0.2, 0.25) is 0 Å². The number of ether oxygens (including phenoxy) is 1. The number of halogens is 3. The second-order valence-electron chi connectivity index (χ2n) is 7.65. The molecule has 0 spiro atoms. The van der Waals surface area contributed by atoms with Crippen LogP contribution < -0.4 is 5.32 Å². The third-order valence-electron chi connectivity index (χ3n) is 5.30. The number of aromatic nitrogens is 4. The summed E-state index contributed by atoms with van der Waals surface area (Å²) >= 11 is 0. The molecule has 1 aromatic carbocycles. The Morgan fingerprint density at radius 1 is 1.29 bits per heavy atom. The molecule has 164 valence electrons. The maximum atomic E-state index is 13.2. The van der Waals surface area contributed by atoms with Gasteiger partial charge in [0.25, 0.3) is 5.91 Å². The summed E-state index contributed by atoms with van der Waals surface area (Å²) in [6, 6.07) is 3.05. The highest BCUT2D eigenvalue weighted by Crippen LogP contribution is 2.42. The van der Waals surface area contributed by atoms with Crippen molar-refractivity contribution in [1.29, 1.82) is 0 Å². The lowest BCUT2D eigenvalue weighted by Gasteiger charge is -2.19. The van der Waals surface area contributed by atoms with Gasteiger partial charge < -0.3 is 14.6 Å². The number of hydrogen-bond acceptors (Lipinski definition) is 5. The van der Waals surface area contributed by atoms with E-state index in [9.17, 15) is 18.0 Å². The van der Waals surface area contributed by atoms with E-state index in [1.54, 1.807) is 14.0 Å². The quantitative estimate of drug-likeness (QED) is 0.615. The molecule has 1 atom stereocenters. The van der Waals surface area contributed by atoms with Crippen molar-refractivity contribution in [1.82, 2.24) is 24.8 Å². The number of imidazole rings is 1. The number of benzene rings is 1. The molecule has 1 aliphatic carbocycles. The van der Waals surface area contributed by atoms with Crippen molar-refractivity contribution in [3.63, 3.8) is 0 Å². The van der Waals surface area contributed by atoms with E-state index in [2.05, 4.69) is 20.3 Å². The molecule has 0 unspecified atom stereocenters. The van der Waals surface area contributed by atoms with E-state index in [1.165, 1.54) is 18.5 Å². The van der Waals surface area contributed by atoms with Crippen LogP contribution in [-0.4, -0.2) is 39.1 Å². The molecule has 7 nitrogen and oxygen atoms in total. The van der Waals surface area contributed by atoms with Crippen LogP contribution in [0.1, 0.15) is 46.5 Å². The highest BCUT2D eigenvalue weighted by Gasteiger charge is 2.38. The van der Waals surface area contributed by atoms with Crippen molar-refractivity contribution < 1.29 is 22.7 Å². The van der Waals surface area contributed by atoms with Crippen molar-refractivity contribution in [2.45, 2.75) is 38.5 Å². The summed E-state index contributed by atoms with van der Waals surface area (Å²) < 4.78 is 46.6. The van der Waals surface area contributed by atoms with Crippen LogP contribution in [0.5, 0.6) is 0 Å². The Hall–Kier alpha value is -3.01. The van der Waals surface area contributed by atoms with Crippen LogP contribution in [0.4, 0.5) is 13.2 Å². The number of fused-ring (bicyclic) bond motifs is 1. The van der Waals surface area contributed by atoms with E-state index >= 15 is 0 Å². The summed E-state index contributed by atoms with van der Waals surface area (Å²) in [5.41, 5.74) is 0.906. The summed E-state index contributed by atoms with van der Waals surface area (Å²) in [5.74, 6) is 0.274. The topological polar surface area (TPSA) is 81.9 Å². The third-order valence-corrected chi connectivity index (χ3v) is 5.30. The van der Waals surface area contributed by atoms with Crippen molar-refractivity contribution in [2.75, 3.05) is 13.7 Å². The predicted molar refractivity (Wildman–Crippen MR) is 106 cm³/mol. The molecule has 1 fully saturated rings. The highest BCUT2D eigenvalue weighted by atomic mass is 19.4. The minimum Gasteiger partial charge on any atom is -0.383 e. The summed E-state index contributed by atoms with van der Waals surface area (Å²) in [7, 11) is 1.55. The Kier molecular flexibility index (Phi) is 5.65. The zero-order chi connectivity index (χ0) is 22.2. The minimum absolute atomic E-state index is 0.155. The molecule has 0 radical (unpaired) electrons. The fraction of sp³-hybridized carbons (Fsp3) is 0.429. The maximum Gasteiger partial charge on any atom is 0.416 e. The number of amides is 1. The van der Waals surface area contributed by atoms with Crippen LogP contribution >= 0.6 is 0 Å². The molecule has 31 heavy (non-hydrogen) atoms. The predicted octanol–water partition coefficient (Wildman–Crippen LogP) is 3.68. The minimum atomic E-state index is -4.46. The molecule has 1 amide bonds. The Labute approximate surface area is 176 Å². The molecule has 0 saturated heterocycles. The van der Waals surface area contributed by atoms with Gasteiger partial charge >= 0.3 is 6.18 Å². The standard InChI is InChI=1S/C21H22F3N5O2/c1-12-10-26-16(11-25-12)20(30)28-18(13-3-4-13)19-27-15-9-14(21(22,23)24)5-6-17(15)29(19)7-8-31-2/h5-6,9-11,13,18H,3-4,7-8H2,1-2H3,(H,28,30)/t18-/m0/s1. The molecule has 0 bridgehead atoms. The second kappa shape index (κ2) is 8.26.